The second-order valence-corrected chi connectivity index (χ2v) is 5.08. The maximum Gasteiger partial charge on any atom is 0.248 e. The molecular formula is C18H17N3O2. The number of benzene rings is 2. The van der Waals surface area contributed by atoms with E-state index < -0.39 is 5.91 Å². The molecule has 0 saturated heterocycles. The number of nitrogens with two attached hydrogens (primary N) is 1. The number of anilines is 1. The van der Waals surface area contributed by atoms with E-state index in [1.807, 2.05) is 30.3 Å². The number of nitrogens with one attached hydrogen (secondary N) is 1. The summed E-state index contributed by atoms with van der Waals surface area (Å²) >= 11 is 0. The lowest BCUT2D eigenvalue weighted by Crippen LogP contribution is -2.14. The van der Waals surface area contributed by atoms with Gasteiger partial charge in [0.25, 0.3) is 0 Å². The van der Waals surface area contributed by atoms with Gasteiger partial charge in [0.05, 0.1) is 6.54 Å². The number of hydrogen-bond acceptors (Lipinski definition) is 4. The van der Waals surface area contributed by atoms with Gasteiger partial charge >= 0.3 is 0 Å². The molecule has 0 aliphatic heterocycles. The summed E-state index contributed by atoms with van der Waals surface area (Å²) in [6.45, 7) is 1.06. The number of primary amides is 1. The lowest BCUT2D eigenvalue weighted by Gasteiger charge is -2.09. The zero-order valence-corrected chi connectivity index (χ0v) is 12.5. The van der Waals surface area contributed by atoms with Gasteiger partial charge in [-0.1, -0.05) is 30.3 Å². The monoisotopic (exact) mass is 307 g/mol. The van der Waals surface area contributed by atoms with Crippen LogP contribution in [0.25, 0.3) is 10.8 Å². The second-order valence-electron chi connectivity index (χ2n) is 5.08. The van der Waals surface area contributed by atoms with E-state index in [1.165, 1.54) is 5.39 Å². The Labute approximate surface area is 134 Å². The maximum atomic E-state index is 11.1. The summed E-state index contributed by atoms with van der Waals surface area (Å²) in [4.78, 5) is 15.3. The Morgan fingerprint density at radius 1 is 1.09 bits per heavy atom. The molecule has 0 aliphatic carbocycles. The zero-order valence-electron chi connectivity index (χ0n) is 12.5. The van der Waals surface area contributed by atoms with Crippen LogP contribution in [0.1, 0.15) is 10.4 Å². The van der Waals surface area contributed by atoms with E-state index in [4.69, 9.17) is 10.5 Å². The van der Waals surface area contributed by atoms with E-state index in [-0.39, 0.29) is 0 Å². The van der Waals surface area contributed by atoms with Crippen LogP contribution in [0, 0.1) is 0 Å². The number of rotatable bonds is 6. The van der Waals surface area contributed by atoms with Gasteiger partial charge in [0.15, 0.2) is 0 Å². The summed E-state index contributed by atoms with van der Waals surface area (Å²) < 4.78 is 5.73. The van der Waals surface area contributed by atoms with Crippen LogP contribution < -0.4 is 15.8 Å². The minimum absolute atomic E-state index is 0.429. The zero-order chi connectivity index (χ0) is 16.1. The van der Waals surface area contributed by atoms with Crippen molar-refractivity contribution in [1.82, 2.24) is 4.98 Å². The van der Waals surface area contributed by atoms with E-state index in [0.29, 0.717) is 24.5 Å². The number of amides is 1. The topological polar surface area (TPSA) is 77.2 Å². The van der Waals surface area contributed by atoms with Crippen LogP contribution in [-0.2, 0) is 0 Å². The molecule has 1 aromatic heterocycles. The number of aromatic nitrogens is 1. The van der Waals surface area contributed by atoms with Crippen LogP contribution >= 0.6 is 0 Å². The molecule has 3 rings (SSSR count). The Morgan fingerprint density at radius 3 is 2.74 bits per heavy atom. The summed E-state index contributed by atoms with van der Waals surface area (Å²) in [6.07, 6.45) is 1.55. The third kappa shape index (κ3) is 3.77. The van der Waals surface area contributed by atoms with Crippen molar-refractivity contribution in [3.8, 4) is 5.75 Å². The van der Waals surface area contributed by atoms with Crippen LogP contribution in [-0.4, -0.2) is 24.0 Å². The second kappa shape index (κ2) is 6.79. The summed E-state index contributed by atoms with van der Waals surface area (Å²) in [7, 11) is 0. The molecule has 0 radical (unpaired) electrons. The summed E-state index contributed by atoms with van der Waals surface area (Å²) in [5, 5.41) is 5.44. The first-order chi connectivity index (χ1) is 11.2. The fourth-order valence-corrected chi connectivity index (χ4v) is 2.29. The highest BCUT2D eigenvalue weighted by Gasteiger charge is 2.02. The van der Waals surface area contributed by atoms with Crippen LogP contribution in [0.4, 0.5) is 5.82 Å². The van der Waals surface area contributed by atoms with Crippen LogP contribution in [0.3, 0.4) is 0 Å². The van der Waals surface area contributed by atoms with Crippen molar-refractivity contribution >= 4 is 22.5 Å². The Bertz CT molecular complexity index is 833. The molecule has 2 aromatic carbocycles. The molecule has 1 amide bonds. The van der Waals surface area contributed by atoms with Crippen molar-refractivity contribution in [2.75, 3.05) is 18.5 Å². The first-order valence-corrected chi connectivity index (χ1v) is 7.34. The van der Waals surface area contributed by atoms with Gasteiger partial charge in [0.2, 0.25) is 5.91 Å². The van der Waals surface area contributed by atoms with Crippen LogP contribution in [0.5, 0.6) is 5.75 Å². The molecule has 0 fully saturated rings. The number of ether oxygens (including phenoxy) is 1. The summed E-state index contributed by atoms with van der Waals surface area (Å²) in [6, 6.07) is 17.4. The Balaban J connectivity index is 1.54. The molecule has 0 unspecified atom stereocenters. The van der Waals surface area contributed by atoms with E-state index in [1.54, 1.807) is 18.3 Å². The van der Waals surface area contributed by atoms with E-state index in [0.717, 1.165) is 11.1 Å². The van der Waals surface area contributed by atoms with Crippen molar-refractivity contribution in [1.29, 1.82) is 0 Å². The van der Waals surface area contributed by atoms with E-state index in [2.05, 4.69) is 22.4 Å². The predicted octanol–water partition coefficient (Wildman–Crippen LogP) is 2.82. The van der Waals surface area contributed by atoms with Gasteiger partial charge in [-0.15, -0.1) is 0 Å². The Morgan fingerprint density at radius 2 is 1.91 bits per heavy atom. The molecule has 0 spiro atoms. The molecule has 23 heavy (non-hydrogen) atoms. The Hall–Kier alpha value is -3.08. The fourth-order valence-electron chi connectivity index (χ4n) is 2.29. The normalized spacial score (nSPS) is 10.4. The van der Waals surface area contributed by atoms with Crippen molar-refractivity contribution in [3.63, 3.8) is 0 Å². The minimum atomic E-state index is -0.470. The summed E-state index contributed by atoms with van der Waals surface area (Å²) in [5.74, 6) is 0.954. The predicted molar refractivity (Wildman–Crippen MR) is 90.7 cm³/mol. The maximum absolute atomic E-state index is 11.1. The van der Waals surface area contributed by atoms with Gasteiger partial charge in [-0.3, -0.25) is 4.79 Å². The average molecular weight is 307 g/mol. The first kappa shape index (κ1) is 14.8. The fraction of sp³-hybridized carbons (Fsp3) is 0.111. The minimum Gasteiger partial charge on any atom is -0.492 e. The highest BCUT2D eigenvalue weighted by molar-refractivity contribution is 5.93. The van der Waals surface area contributed by atoms with Gasteiger partial charge in [-0.05, 0) is 35.0 Å². The molecule has 5 heteroatoms. The standard InChI is InChI=1S/C18H17N3O2/c19-18(22)15-7-8-20-17(12-15)21-9-10-23-16-6-5-13-3-1-2-4-14(13)11-16/h1-8,11-12H,9-10H2,(H2,19,22)(H,20,21). The Kier molecular flexibility index (Phi) is 4.38. The SMILES string of the molecule is NC(=O)c1ccnc(NCCOc2ccc3ccccc3c2)c1. The van der Waals surface area contributed by atoms with E-state index >= 15 is 0 Å². The molecule has 0 bridgehead atoms. The molecule has 0 saturated carbocycles. The van der Waals surface area contributed by atoms with Gasteiger partial charge in [-0.2, -0.15) is 0 Å². The highest BCUT2D eigenvalue weighted by atomic mass is 16.5. The van der Waals surface area contributed by atoms with Crippen molar-refractivity contribution in [2.45, 2.75) is 0 Å². The number of pyridine rings is 1. The lowest BCUT2D eigenvalue weighted by molar-refractivity contribution is 0.1000. The number of nitrogens with zero attached hydrogens (tertiary/aromatic N) is 1. The van der Waals surface area contributed by atoms with E-state index in [9.17, 15) is 4.79 Å². The van der Waals surface area contributed by atoms with Crippen molar-refractivity contribution in [3.05, 3.63) is 66.4 Å². The van der Waals surface area contributed by atoms with Gasteiger partial charge in [-0.25, -0.2) is 4.98 Å². The van der Waals surface area contributed by atoms with Crippen molar-refractivity contribution in [2.24, 2.45) is 5.73 Å². The molecule has 3 aromatic rings. The lowest BCUT2D eigenvalue weighted by atomic mass is 10.1. The molecule has 3 N–H and O–H groups in total. The number of carbonyl (C=O) groups excluding carboxylic acids is 1. The van der Waals surface area contributed by atoms with Gasteiger partial charge in [0.1, 0.15) is 18.2 Å². The quantitative estimate of drug-likeness (QED) is 0.687. The third-order valence-corrected chi connectivity index (χ3v) is 3.44. The van der Waals surface area contributed by atoms with Gasteiger partial charge < -0.3 is 15.8 Å². The number of fused-ring (bicyclic) bond motifs is 1. The third-order valence-electron chi connectivity index (χ3n) is 3.44. The molecule has 5 nitrogen and oxygen atoms in total. The average Bonchev–Trinajstić information content (AvgIpc) is 2.59. The van der Waals surface area contributed by atoms with Crippen molar-refractivity contribution < 1.29 is 9.53 Å². The molecule has 1 heterocycles. The largest absolute Gasteiger partial charge is 0.492 e. The molecule has 0 aliphatic rings. The van der Waals surface area contributed by atoms with Crippen LogP contribution in [0.2, 0.25) is 0 Å². The number of hydrogen-bond donors (Lipinski definition) is 2. The highest BCUT2D eigenvalue weighted by Crippen LogP contribution is 2.20. The molecule has 0 atom stereocenters. The number of carbonyl (C=O) groups is 1. The van der Waals surface area contributed by atoms with Gasteiger partial charge in [0, 0.05) is 11.8 Å². The first-order valence-electron chi connectivity index (χ1n) is 7.34. The summed E-state index contributed by atoms with van der Waals surface area (Å²) in [5.41, 5.74) is 5.67. The van der Waals surface area contributed by atoms with Crippen LogP contribution in [0.15, 0.2) is 60.8 Å². The molecular weight excluding hydrogens is 290 g/mol. The smallest absolute Gasteiger partial charge is 0.248 e. The molecule has 116 valence electrons.